The van der Waals surface area contributed by atoms with Gasteiger partial charge in [-0.05, 0) is 18.2 Å². The van der Waals surface area contributed by atoms with Gasteiger partial charge in [0.2, 0.25) is 5.76 Å². The van der Waals surface area contributed by atoms with Gasteiger partial charge in [-0.25, -0.2) is 9.59 Å². The summed E-state index contributed by atoms with van der Waals surface area (Å²) in [5.41, 5.74) is 1.01. The molecule has 3 amide bonds. The Hall–Kier alpha value is -3.81. The Bertz CT molecular complexity index is 996. The number of hydrogen-bond acceptors (Lipinski definition) is 6. The SMILES string of the molecule is CNC(=O)NC(=O)COC(=O)c1oc2ccccc2c1COc1ccccc1. The van der Waals surface area contributed by atoms with Crippen LogP contribution in [0.1, 0.15) is 16.1 Å². The van der Waals surface area contributed by atoms with Gasteiger partial charge in [-0.15, -0.1) is 0 Å². The standard InChI is InChI=1S/C20H18N2O6/c1-21-20(25)22-17(23)12-27-19(24)18-15(11-26-13-7-3-2-4-8-13)14-9-5-6-10-16(14)28-18/h2-10H,11-12H2,1H3,(H2,21,22,23,25). The van der Waals surface area contributed by atoms with Gasteiger partial charge >= 0.3 is 12.0 Å². The number of urea groups is 1. The molecule has 8 nitrogen and oxygen atoms in total. The highest BCUT2D eigenvalue weighted by Gasteiger charge is 2.23. The van der Waals surface area contributed by atoms with Crippen LogP contribution in [0.15, 0.2) is 59.0 Å². The minimum atomic E-state index is -0.824. The predicted octanol–water partition coefficient (Wildman–Crippen LogP) is 2.62. The number of carbonyl (C=O) groups is 3. The molecule has 28 heavy (non-hydrogen) atoms. The number of esters is 1. The monoisotopic (exact) mass is 382 g/mol. The van der Waals surface area contributed by atoms with Crippen molar-refractivity contribution >= 4 is 28.9 Å². The third-order valence-electron chi connectivity index (χ3n) is 3.82. The summed E-state index contributed by atoms with van der Waals surface area (Å²) in [7, 11) is 1.36. The van der Waals surface area contributed by atoms with E-state index in [1.807, 2.05) is 29.6 Å². The van der Waals surface area contributed by atoms with Crippen molar-refractivity contribution in [3.63, 3.8) is 0 Å². The number of benzene rings is 2. The van der Waals surface area contributed by atoms with Crippen LogP contribution < -0.4 is 15.4 Å². The zero-order valence-electron chi connectivity index (χ0n) is 15.1. The molecule has 1 aromatic heterocycles. The number of amides is 3. The number of nitrogens with one attached hydrogen (secondary N) is 2. The van der Waals surface area contributed by atoms with Crippen molar-refractivity contribution < 1.29 is 28.3 Å². The summed E-state index contributed by atoms with van der Waals surface area (Å²) in [6, 6.07) is 15.6. The Morgan fingerprint density at radius 2 is 1.71 bits per heavy atom. The quantitative estimate of drug-likeness (QED) is 0.635. The van der Waals surface area contributed by atoms with E-state index in [1.165, 1.54) is 7.05 Å². The second-order valence-corrected chi connectivity index (χ2v) is 5.71. The zero-order valence-corrected chi connectivity index (χ0v) is 15.1. The first-order chi connectivity index (χ1) is 13.6. The summed E-state index contributed by atoms with van der Waals surface area (Å²) in [6.07, 6.45) is 0. The Balaban J connectivity index is 1.76. The fraction of sp³-hybridized carbons (Fsp3) is 0.150. The maximum absolute atomic E-state index is 12.5. The minimum absolute atomic E-state index is 0.0510. The lowest BCUT2D eigenvalue weighted by molar-refractivity contribution is -0.123. The Morgan fingerprint density at radius 1 is 1.00 bits per heavy atom. The summed E-state index contributed by atoms with van der Waals surface area (Å²) >= 11 is 0. The summed E-state index contributed by atoms with van der Waals surface area (Å²) < 4.78 is 16.3. The maximum Gasteiger partial charge on any atom is 0.375 e. The summed E-state index contributed by atoms with van der Waals surface area (Å²) in [4.78, 5) is 35.2. The third kappa shape index (κ3) is 4.47. The van der Waals surface area contributed by atoms with Gasteiger partial charge in [0.15, 0.2) is 6.61 Å². The Kier molecular flexibility index (Phi) is 5.91. The number of carbonyl (C=O) groups excluding carboxylic acids is 3. The zero-order chi connectivity index (χ0) is 19.9. The van der Waals surface area contributed by atoms with Gasteiger partial charge in [0.25, 0.3) is 5.91 Å². The van der Waals surface area contributed by atoms with Gasteiger partial charge in [-0.1, -0.05) is 36.4 Å². The molecule has 1 heterocycles. The van der Waals surface area contributed by atoms with E-state index in [9.17, 15) is 14.4 Å². The highest BCUT2D eigenvalue weighted by atomic mass is 16.5. The molecule has 0 aliphatic carbocycles. The van der Waals surface area contributed by atoms with Crippen LogP contribution in [0, 0.1) is 0 Å². The van der Waals surface area contributed by atoms with E-state index in [-0.39, 0.29) is 12.4 Å². The molecule has 144 valence electrons. The first-order valence-electron chi connectivity index (χ1n) is 8.45. The number of hydrogen-bond donors (Lipinski definition) is 2. The number of fused-ring (bicyclic) bond motifs is 1. The molecule has 0 atom stereocenters. The molecule has 0 fully saturated rings. The van der Waals surface area contributed by atoms with Crippen LogP contribution in [0.2, 0.25) is 0 Å². The van der Waals surface area contributed by atoms with Gasteiger partial charge < -0.3 is 19.2 Å². The fourth-order valence-electron chi connectivity index (χ4n) is 2.50. The molecule has 0 bridgehead atoms. The third-order valence-corrected chi connectivity index (χ3v) is 3.82. The molecular weight excluding hydrogens is 364 g/mol. The predicted molar refractivity (Wildman–Crippen MR) is 99.9 cm³/mol. The topological polar surface area (TPSA) is 107 Å². The molecule has 0 saturated heterocycles. The first kappa shape index (κ1) is 19.0. The smallest absolute Gasteiger partial charge is 0.375 e. The Labute approximate surface area is 160 Å². The van der Waals surface area contributed by atoms with E-state index in [4.69, 9.17) is 13.9 Å². The van der Waals surface area contributed by atoms with Crippen molar-refractivity contribution in [2.75, 3.05) is 13.7 Å². The molecule has 2 N–H and O–H groups in total. The number of rotatable bonds is 6. The van der Waals surface area contributed by atoms with Gasteiger partial charge in [0.05, 0.1) is 5.56 Å². The highest BCUT2D eigenvalue weighted by Crippen LogP contribution is 2.28. The molecule has 0 unspecified atom stereocenters. The van der Waals surface area contributed by atoms with Crippen LogP contribution in [0.4, 0.5) is 4.79 Å². The number of para-hydroxylation sites is 2. The average molecular weight is 382 g/mol. The lowest BCUT2D eigenvalue weighted by atomic mass is 10.1. The second-order valence-electron chi connectivity index (χ2n) is 5.71. The summed E-state index contributed by atoms with van der Waals surface area (Å²) in [6.45, 7) is -0.543. The van der Waals surface area contributed by atoms with Gasteiger partial charge in [0.1, 0.15) is 17.9 Å². The molecule has 0 aliphatic rings. The molecule has 8 heteroatoms. The van der Waals surface area contributed by atoms with Crippen LogP contribution in [-0.4, -0.2) is 31.6 Å². The van der Waals surface area contributed by atoms with Crippen LogP contribution in [0.3, 0.4) is 0 Å². The normalized spacial score (nSPS) is 10.3. The van der Waals surface area contributed by atoms with E-state index in [0.717, 1.165) is 0 Å². The highest BCUT2D eigenvalue weighted by molar-refractivity contribution is 5.98. The molecule has 3 rings (SSSR count). The van der Waals surface area contributed by atoms with Crippen molar-refractivity contribution in [1.29, 1.82) is 0 Å². The van der Waals surface area contributed by atoms with E-state index in [1.54, 1.807) is 30.3 Å². The molecule has 0 radical (unpaired) electrons. The van der Waals surface area contributed by atoms with Gasteiger partial charge in [-0.2, -0.15) is 0 Å². The average Bonchev–Trinajstić information content (AvgIpc) is 3.10. The largest absolute Gasteiger partial charge is 0.489 e. The number of furan rings is 1. The van der Waals surface area contributed by atoms with E-state index < -0.39 is 24.5 Å². The molecule has 0 aliphatic heterocycles. The van der Waals surface area contributed by atoms with Crippen molar-refractivity contribution in [3.8, 4) is 5.75 Å². The van der Waals surface area contributed by atoms with E-state index >= 15 is 0 Å². The Morgan fingerprint density at radius 3 is 2.46 bits per heavy atom. The maximum atomic E-state index is 12.5. The molecule has 2 aromatic carbocycles. The summed E-state index contributed by atoms with van der Waals surface area (Å²) in [5.74, 6) is -0.997. The van der Waals surface area contributed by atoms with Crippen molar-refractivity contribution in [2.24, 2.45) is 0 Å². The van der Waals surface area contributed by atoms with Crippen LogP contribution in [0.25, 0.3) is 11.0 Å². The first-order valence-corrected chi connectivity index (χ1v) is 8.45. The van der Waals surface area contributed by atoms with Crippen LogP contribution in [-0.2, 0) is 16.1 Å². The van der Waals surface area contributed by atoms with Crippen molar-refractivity contribution in [1.82, 2.24) is 10.6 Å². The van der Waals surface area contributed by atoms with Crippen molar-refractivity contribution in [3.05, 3.63) is 65.9 Å². The molecule has 0 saturated carbocycles. The van der Waals surface area contributed by atoms with Gasteiger partial charge in [0, 0.05) is 12.4 Å². The summed E-state index contributed by atoms with van der Waals surface area (Å²) in [5, 5.41) is 4.94. The van der Waals surface area contributed by atoms with Gasteiger partial charge in [-0.3, -0.25) is 10.1 Å². The second kappa shape index (κ2) is 8.72. The number of ether oxygens (including phenoxy) is 2. The fourth-order valence-corrected chi connectivity index (χ4v) is 2.50. The van der Waals surface area contributed by atoms with E-state index in [2.05, 4.69) is 5.32 Å². The van der Waals surface area contributed by atoms with Crippen molar-refractivity contribution in [2.45, 2.75) is 6.61 Å². The van der Waals surface area contributed by atoms with E-state index in [0.29, 0.717) is 22.3 Å². The minimum Gasteiger partial charge on any atom is -0.489 e. The van der Waals surface area contributed by atoms with Crippen LogP contribution >= 0.6 is 0 Å². The molecule has 3 aromatic rings. The molecular formula is C20H18N2O6. The lowest BCUT2D eigenvalue weighted by Gasteiger charge is -2.07. The number of imide groups is 1. The molecule has 0 spiro atoms. The van der Waals surface area contributed by atoms with Crippen LogP contribution in [0.5, 0.6) is 5.75 Å². The lowest BCUT2D eigenvalue weighted by Crippen LogP contribution is -2.39.